The van der Waals surface area contributed by atoms with Crippen LogP contribution in [0.25, 0.3) is 0 Å². The minimum absolute atomic E-state index is 0.731. The Morgan fingerprint density at radius 1 is 1.12 bits per heavy atom. The highest BCUT2D eigenvalue weighted by molar-refractivity contribution is 7.07. The molecule has 1 fully saturated rings. The summed E-state index contributed by atoms with van der Waals surface area (Å²) >= 11 is 14.0. The smallest absolute Gasteiger partial charge is 0.0423 e. The molecule has 1 aliphatic heterocycles. The third-order valence-corrected chi connectivity index (χ3v) is 6.12. The highest BCUT2D eigenvalue weighted by Gasteiger charge is 2.20. The standard InChI is InChI=1S/C20H26Cl2N2S/c1-23(14-18-5-9-25-15-18)13-16-2-6-24(7-3-16)8-4-17-10-19(21)12-20(22)11-17/h5,9-12,15-16H,2-4,6-8,13-14H2,1H3. The van der Waals surface area contributed by atoms with Gasteiger partial charge in [0.1, 0.15) is 0 Å². The van der Waals surface area contributed by atoms with Gasteiger partial charge in [-0.15, -0.1) is 0 Å². The fraction of sp³-hybridized carbons (Fsp3) is 0.500. The molecule has 1 aliphatic rings. The van der Waals surface area contributed by atoms with Crippen LogP contribution >= 0.6 is 34.5 Å². The molecule has 0 atom stereocenters. The summed E-state index contributed by atoms with van der Waals surface area (Å²) in [5, 5.41) is 5.88. The molecule has 2 aromatic rings. The van der Waals surface area contributed by atoms with Crippen molar-refractivity contribution in [2.75, 3.05) is 33.2 Å². The molecule has 0 bridgehead atoms. The van der Waals surface area contributed by atoms with E-state index in [1.54, 1.807) is 17.4 Å². The van der Waals surface area contributed by atoms with E-state index in [9.17, 15) is 0 Å². The number of hydrogen-bond acceptors (Lipinski definition) is 3. The van der Waals surface area contributed by atoms with Crippen molar-refractivity contribution in [3.63, 3.8) is 0 Å². The maximum atomic E-state index is 6.09. The number of hydrogen-bond donors (Lipinski definition) is 0. The van der Waals surface area contributed by atoms with Crippen LogP contribution in [0.15, 0.2) is 35.0 Å². The molecule has 1 aromatic carbocycles. The predicted octanol–water partition coefficient (Wildman–Crippen LogP) is 5.44. The summed E-state index contributed by atoms with van der Waals surface area (Å²) in [5.74, 6) is 0.820. The first-order chi connectivity index (χ1) is 12.1. The van der Waals surface area contributed by atoms with Gasteiger partial charge in [0.05, 0.1) is 0 Å². The maximum absolute atomic E-state index is 6.09. The highest BCUT2D eigenvalue weighted by Crippen LogP contribution is 2.22. The molecule has 0 unspecified atom stereocenters. The first-order valence-electron chi connectivity index (χ1n) is 8.95. The van der Waals surface area contributed by atoms with Gasteiger partial charge in [-0.1, -0.05) is 23.2 Å². The van der Waals surface area contributed by atoms with E-state index in [0.717, 1.165) is 35.5 Å². The number of piperidine rings is 1. The summed E-state index contributed by atoms with van der Waals surface area (Å²) in [5.41, 5.74) is 2.67. The molecule has 0 amide bonds. The Morgan fingerprint density at radius 3 is 2.48 bits per heavy atom. The molecule has 1 saturated heterocycles. The Balaban J connectivity index is 1.38. The lowest BCUT2D eigenvalue weighted by Crippen LogP contribution is -2.38. The van der Waals surface area contributed by atoms with Gasteiger partial charge in [0.2, 0.25) is 0 Å². The Labute approximate surface area is 165 Å². The number of thiophene rings is 1. The van der Waals surface area contributed by atoms with E-state index < -0.39 is 0 Å². The van der Waals surface area contributed by atoms with Gasteiger partial charge in [-0.25, -0.2) is 0 Å². The second-order valence-corrected chi connectivity index (χ2v) is 8.79. The summed E-state index contributed by atoms with van der Waals surface area (Å²) in [6.07, 6.45) is 3.61. The average molecular weight is 397 g/mol. The summed E-state index contributed by atoms with van der Waals surface area (Å²) < 4.78 is 0. The molecule has 1 aromatic heterocycles. The van der Waals surface area contributed by atoms with Crippen molar-refractivity contribution < 1.29 is 0 Å². The number of halogens is 2. The van der Waals surface area contributed by atoms with E-state index in [1.165, 1.54) is 43.6 Å². The molecular formula is C20H26Cl2N2S. The summed E-state index contributed by atoms with van der Waals surface area (Å²) in [7, 11) is 2.24. The molecule has 5 heteroatoms. The third kappa shape index (κ3) is 6.26. The average Bonchev–Trinajstić information content (AvgIpc) is 3.06. The van der Waals surface area contributed by atoms with Gasteiger partial charge in [-0.2, -0.15) is 11.3 Å². The van der Waals surface area contributed by atoms with Crippen LogP contribution in [0.3, 0.4) is 0 Å². The molecule has 25 heavy (non-hydrogen) atoms. The van der Waals surface area contributed by atoms with E-state index in [4.69, 9.17) is 23.2 Å². The summed E-state index contributed by atoms with van der Waals surface area (Å²) in [6, 6.07) is 8.08. The van der Waals surface area contributed by atoms with Gasteiger partial charge < -0.3 is 9.80 Å². The first kappa shape index (κ1) is 19.2. The van der Waals surface area contributed by atoms with Crippen LogP contribution in [-0.4, -0.2) is 43.0 Å². The van der Waals surface area contributed by atoms with Crippen molar-refractivity contribution in [3.05, 3.63) is 56.2 Å². The maximum Gasteiger partial charge on any atom is 0.0423 e. The van der Waals surface area contributed by atoms with E-state index >= 15 is 0 Å². The Morgan fingerprint density at radius 2 is 1.84 bits per heavy atom. The van der Waals surface area contributed by atoms with E-state index in [1.807, 2.05) is 12.1 Å². The second-order valence-electron chi connectivity index (χ2n) is 7.14. The molecule has 136 valence electrons. The van der Waals surface area contributed by atoms with Gasteiger partial charge in [0.15, 0.2) is 0 Å². The molecule has 0 saturated carbocycles. The van der Waals surface area contributed by atoms with Gasteiger partial charge in [0.25, 0.3) is 0 Å². The molecule has 0 N–H and O–H groups in total. The number of rotatable bonds is 7. The van der Waals surface area contributed by atoms with E-state index in [-0.39, 0.29) is 0 Å². The third-order valence-electron chi connectivity index (χ3n) is 4.95. The fourth-order valence-corrected chi connectivity index (χ4v) is 4.87. The van der Waals surface area contributed by atoms with Gasteiger partial charge in [0, 0.05) is 29.7 Å². The minimum Gasteiger partial charge on any atom is -0.303 e. The SMILES string of the molecule is CN(Cc1ccsc1)CC1CCN(CCc2cc(Cl)cc(Cl)c2)CC1. The van der Waals surface area contributed by atoms with Crippen LogP contribution in [0, 0.1) is 5.92 Å². The summed E-state index contributed by atoms with van der Waals surface area (Å²) in [6.45, 7) is 5.76. The Bertz CT molecular complexity index is 631. The zero-order valence-corrected chi connectivity index (χ0v) is 17.1. The minimum atomic E-state index is 0.731. The van der Waals surface area contributed by atoms with Crippen molar-refractivity contribution in [2.45, 2.75) is 25.8 Å². The Kier molecular flexibility index (Phi) is 7.20. The zero-order valence-electron chi connectivity index (χ0n) is 14.8. The monoisotopic (exact) mass is 396 g/mol. The molecule has 2 nitrogen and oxygen atoms in total. The van der Waals surface area contributed by atoms with Crippen molar-refractivity contribution in [1.29, 1.82) is 0 Å². The lowest BCUT2D eigenvalue weighted by molar-refractivity contribution is 0.153. The Hall–Kier alpha value is -0.580. The van der Waals surface area contributed by atoms with Crippen molar-refractivity contribution in [2.24, 2.45) is 5.92 Å². The van der Waals surface area contributed by atoms with Crippen molar-refractivity contribution >= 4 is 34.5 Å². The van der Waals surface area contributed by atoms with Gasteiger partial charge in [-0.3, -0.25) is 0 Å². The quantitative estimate of drug-likeness (QED) is 0.614. The predicted molar refractivity (Wildman–Crippen MR) is 110 cm³/mol. The van der Waals surface area contributed by atoms with Gasteiger partial charge in [-0.05, 0) is 91.5 Å². The van der Waals surface area contributed by atoms with Crippen LogP contribution in [-0.2, 0) is 13.0 Å². The topological polar surface area (TPSA) is 6.48 Å². The number of likely N-dealkylation sites (tertiary alicyclic amines) is 1. The van der Waals surface area contributed by atoms with Crippen molar-refractivity contribution in [3.8, 4) is 0 Å². The largest absolute Gasteiger partial charge is 0.303 e. The molecule has 0 aliphatic carbocycles. The van der Waals surface area contributed by atoms with Crippen LogP contribution in [0.1, 0.15) is 24.0 Å². The van der Waals surface area contributed by atoms with Crippen LogP contribution in [0.4, 0.5) is 0 Å². The molecule has 0 spiro atoms. The zero-order chi connectivity index (χ0) is 17.6. The van der Waals surface area contributed by atoms with Crippen molar-refractivity contribution in [1.82, 2.24) is 9.80 Å². The molecule has 3 rings (SSSR count). The fourth-order valence-electron chi connectivity index (χ4n) is 3.63. The highest BCUT2D eigenvalue weighted by atomic mass is 35.5. The van der Waals surface area contributed by atoms with E-state index in [2.05, 4.69) is 33.7 Å². The second kappa shape index (κ2) is 9.38. The number of nitrogens with zero attached hydrogens (tertiary/aromatic N) is 2. The summed E-state index contributed by atoms with van der Waals surface area (Å²) in [4.78, 5) is 5.04. The van der Waals surface area contributed by atoms with Crippen LogP contribution in [0.5, 0.6) is 0 Å². The molecule has 0 radical (unpaired) electrons. The number of benzene rings is 1. The first-order valence-corrected chi connectivity index (χ1v) is 10.7. The lowest BCUT2D eigenvalue weighted by Gasteiger charge is -2.34. The molecular weight excluding hydrogens is 371 g/mol. The normalized spacial score (nSPS) is 16.6. The van der Waals surface area contributed by atoms with Crippen LogP contribution < -0.4 is 0 Å². The lowest BCUT2D eigenvalue weighted by atomic mass is 9.96. The van der Waals surface area contributed by atoms with E-state index in [0.29, 0.717) is 0 Å². The molecule has 2 heterocycles. The van der Waals surface area contributed by atoms with Crippen LogP contribution in [0.2, 0.25) is 10.0 Å². The van der Waals surface area contributed by atoms with Gasteiger partial charge >= 0.3 is 0 Å².